The molecule has 1 heterocycles. The molecule has 126 valence electrons. The van der Waals surface area contributed by atoms with Gasteiger partial charge >= 0.3 is 6.09 Å². The van der Waals surface area contributed by atoms with Gasteiger partial charge in [-0.1, -0.05) is 36.4 Å². The zero-order valence-corrected chi connectivity index (χ0v) is 14.0. The molecular weight excluding hydrogens is 294 g/mol. The molecule has 2 rings (SSSR count). The van der Waals surface area contributed by atoms with E-state index >= 15 is 0 Å². The first-order valence-corrected chi connectivity index (χ1v) is 7.90. The fraction of sp³-hybridized carbons (Fsp3) is 0.500. The van der Waals surface area contributed by atoms with Gasteiger partial charge in [0.25, 0.3) is 0 Å². The average Bonchev–Trinajstić information content (AvgIpc) is 3.00. The first-order chi connectivity index (χ1) is 10.9. The smallest absolute Gasteiger partial charge is 0.407 e. The highest BCUT2D eigenvalue weighted by Crippen LogP contribution is 2.23. The van der Waals surface area contributed by atoms with Gasteiger partial charge in [0.1, 0.15) is 5.60 Å². The second-order valence-corrected chi connectivity index (χ2v) is 6.36. The van der Waals surface area contributed by atoms with Crippen LogP contribution < -0.4 is 5.32 Å². The summed E-state index contributed by atoms with van der Waals surface area (Å²) in [5, 5.41) is 2.73. The summed E-state index contributed by atoms with van der Waals surface area (Å²) < 4.78 is 16.1. The molecule has 1 saturated heterocycles. The van der Waals surface area contributed by atoms with Crippen molar-refractivity contribution in [3.63, 3.8) is 0 Å². The number of carbonyl (C=O) groups is 1. The molecule has 0 atom stereocenters. The van der Waals surface area contributed by atoms with Crippen molar-refractivity contribution < 1.29 is 19.0 Å². The van der Waals surface area contributed by atoms with E-state index in [2.05, 4.69) is 5.32 Å². The molecule has 1 aliphatic rings. The van der Waals surface area contributed by atoms with Crippen molar-refractivity contribution in [3.8, 4) is 0 Å². The number of nitrogens with one attached hydrogen (secondary N) is 1. The Hall–Kier alpha value is -1.85. The minimum atomic E-state index is -0.464. The topological polar surface area (TPSA) is 56.8 Å². The first-order valence-electron chi connectivity index (χ1n) is 7.90. The number of amides is 1. The molecular formula is C18H25NO4. The largest absolute Gasteiger partial charge is 0.444 e. The molecule has 0 aromatic heterocycles. The van der Waals surface area contributed by atoms with E-state index < -0.39 is 5.60 Å². The fourth-order valence-corrected chi connectivity index (χ4v) is 2.11. The summed E-state index contributed by atoms with van der Waals surface area (Å²) in [6.07, 6.45) is 4.18. The van der Waals surface area contributed by atoms with Gasteiger partial charge in [-0.2, -0.15) is 0 Å². The molecule has 0 unspecified atom stereocenters. The van der Waals surface area contributed by atoms with Crippen molar-refractivity contribution in [2.24, 2.45) is 0 Å². The predicted molar refractivity (Wildman–Crippen MR) is 89.0 cm³/mol. The highest BCUT2D eigenvalue weighted by molar-refractivity contribution is 5.67. The molecule has 5 heteroatoms. The number of hydrogen-bond donors (Lipinski definition) is 1. The molecule has 0 aliphatic carbocycles. The Morgan fingerprint density at radius 1 is 1.26 bits per heavy atom. The second kappa shape index (κ2) is 8.13. The lowest BCUT2D eigenvalue weighted by atomic mass is 10.1. The molecule has 1 amide bonds. The van der Waals surface area contributed by atoms with Crippen molar-refractivity contribution in [1.82, 2.24) is 5.32 Å². The maximum absolute atomic E-state index is 11.5. The Labute approximate surface area is 137 Å². The van der Waals surface area contributed by atoms with Gasteiger partial charge in [0.05, 0.1) is 13.2 Å². The third-order valence-corrected chi connectivity index (χ3v) is 3.12. The summed E-state index contributed by atoms with van der Waals surface area (Å²) in [4.78, 5) is 11.5. The molecule has 1 aromatic rings. The lowest BCUT2D eigenvalue weighted by molar-refractivity contribution is -0.0441. The Morgan fingerprint density at radius 3 is 2.52 bits per heavy atom. The lowest BCUT2D eigenvalue weighted by Gasteiger charge is -2.19. The molecule has 0 saturated carbocycles. The van der Waals surface area contributed by atoms with Crippen LogP contribution in [0.2, 0.25) is 0 Å². The number of rotatable bonds is 5. The second-order valence-electron chi connectivity index (χ2n) is 6.36. The Kier molecular flexibility index (Phi) is 6.19. The number of hydrogen-bond acceptors (Lipinski definition) is 4. The van der Waals surface area contributed by atoms with Crippen molar-refractivity contribution in [3.05, 3.63) is 41.5 Å². The molecule has 1 aliphatic heterocycles. The standard InChI is InChI=1S/C18H25NO4/c1-18(2,3)23-17(20)19-11-5-4-6-14-7-9-15(10-8-14)16-21-12-13-22-16/h4,6-10,16H,5,11-13H2,1-3H3,(H,19,20). The molecule has 0 bridgehead atoms. The average molecular weight is 319 g/mol. The summed E-state index contributed by atoms with van der Waals surface area (Å²) in [7, 11) is 0. The monoisotopic (exact) mass is 319 g/mol. The van der Waals surface area contributed by atoms with E-state index in [0.717, 1.165) is 17.5 Å². The van der Waals surface area contributed by atoms with Gasteiger partial charge in [-0.3, -0.25) is 0 Å². The lowest BCUT2D eigenvalue weighted by Crippen LogP contribution is -2.32. The van der Waals surface area contributed by atoms with Crippen molar-refractivity contribution >= 4 is 12.2 Å². The summed E-state index contributed by atoms with van der Waals surface area (Å²) in [5.74, 6) is 0. The summed E-state index contributed by atoms with van der Waals surface area (Å²) in [6, 6.07) is 8.07. The van der Waals surface area contributed by atoms with Crippen LogP contribution in [0.15, 0.2) is 30.3 Å². The first kappa shape index (κ1) is 17.5. The zero-order chi connectivity index (χ0) is 16.7. The number of alkyl carbamates (subject to hydrolysis) is 1. The summed E-state index contributed by atoms with van der Waals surface area (Å²) in [6.45, 7) is 7.38. The normalized spacial score (nSPS) is 16.0. The van der Waals surface area contributed by atoms with Gasteiger partial charge in [0, 0.05) is 12.1 Å². The van der Waals surface area contributed by atoms with Gasteiger partial charge in [0.2, 0.25) is 0 Å². The van der Waals surface area contributed by atoms with Crippen LogP contribution in [0.4, 0.5) is 4.79 Å². The molecule has 5 nitrogen and oxygen atoms in total. The molecule has 0 radical (unpaired) electrons. The Balaban J connectivity index is 1.70. The van der Waals surface area contributed by atoms with Crippen LogP contribution in [-0.4, -0.2) is 31.5 Å². The van der Waals surface area contributed by atoms with Crippen molar-refractivity contribution in [1.29, 1.82) is 0 Å². The maximum Gasteiger partial charge on any atom is 0.407 e. The summed E-state index contributed by atoms with van der Waals surface area (Å²) in [5.41, 5.74) is 1.67. The zero-order valence-electron chi connectivity index (χ0n) is 14.0. The van der Waals surface area contributed by atoms with Crippen LogP contribution in [0.25, 0.3) is 6.08 Å². The fourth-order valence-electron chi connectivity index (χ4n) is 2.11. The Bertz CT molecular complexity index is 525. The number of benzene rings is 1. The minimum Gasteiger partial charge on any atom is -0.444 e. The van der Waals surface area contributed by atoms with Crippen molar-refractivity contribution in [2.75, 3.05) is 19.8 Å². The third-order valence-electron chi connectivity index (χ3n) is 3.12. The third kappa shape index (κ3) is 6.42. The highest BCUT2D eigenvalue weighted by Gasteiger charge is 2.17. The van der Waals surface area contributed by atoms with E-state index in [1.165, 1.54) is 0 Å². The number of ether oxygens (including phenoxy) is 3. The maximum atomic E-state index is 11.5. The van der Waals surface area contributed by atoms with Gasteiger partial charge in [-0.25, -0.2) is 4.79 Å². The van der Waals surface area contributed by atoms with E-state index in [1.54, 1.807) is 0 Å². The van der Waals surface area contributed by atoms with Gasteiger partial charge in [0.15, 0.2) is 6.29 Å². The highest BCUT2D eigenvalue weighted by atomic mass is 16.7. The van der Waals surface area contributed by atoms with Crippen molar-refractivity contribution in [2.45, 2.75) is 39.1 Å². The van der Waals surface area contributed by atoms with E-state index in [-0.39, 0.29) is 12.4 Å². The van der Waals surface area contributed by atoms with E-state index in [0.29, 0.717) is 19.8 Å². The quantitative estimate of drug-likeness (QED) is 0.842. The molecule has 23 heavy (non-hydrogen) atoms. The molecule has 1 N–H and O–H groups in total. The predicted octanol–water partition coefficient (Wildman–Crippen LogP) is 3.66. The summed E-state index contributed by atoms with van der Waals surface area (Å²) >= 11 is 0. The van der Waals surface area contributed by atoms with Crippen LogP contribution in [0.3, 0.4) is 0 Å². The SMILES string of the molecule is CC(C)(C)OC(=O)NCCC=Cc1ccc(C2OCCO2)cc1. The Morgan fingerprint density at radius 2 is 1.91 bits per heavy atom. The number of carbonyl (C=O) groups excluding carboxylic acids is 1. The van der Waals surface area contributed by atoms with Crippen LogP contribution in [-0.2, 0) is 14.2 Å². The molecule has 1 aromatic carbocycles. The van der Waals surface area contributed by atoms with Gasteiger partial charge < -0.3 is 19.5 Å². The minimum absolute atomic E-state index is 0.231. The van der Waals surface area contributed by atoms with E-state index in [9.17, 15) is 4.79 Å². The molecule has 0 spiro atoms. The van der Waals surface area contributed by atoms with Crippen LogP contribution >= 0.6 is 0 Å². The van der Waals surface area contributed by atoms with Gasteiger partial charge in [-0.05, 0) is 32.8 Å². The van der Waals surface area contributed by atoms with E-state index in [4.69, 9.17) is 14.2 Å². The van der Waals surface area contributed by atoms with Crippen LogP contribution in [0.1, 0.15) is 44.6 Å². The van der Waals surface area contributed by atoms with Gasteiger partial charge in [-0.15, -0.1) is 0 Å². The van der Waals surface area contributed by atoms with Crippen LogP contribution in [0.5, 0.6) is 0 Å². The van der Waals surface area contributed by atoms with Crippen LogP contribution in [0, 0.1) is 0 Å². The van der Waals surface area contributed by atoms with E-state index in [1.807, 2.05) is 57.2 Å². The molecule has 1 fully saturated rings.